The molecule has 0 aliphatic rings. The molecule has 1 aromatic heterocycles. The third kappa shape index (κ3) is 1.41. The van der Waals surface area contributed by atoms with E-state index in [1.54, 1.807) is 6.20 Å². The van der Waals surface area contributed by atoms with E-state index in [2.05, 4.69) is 9.82 Å². The second-order valence-corrected chi connectivity index (χ2v) is 2.98. The molecule has 2 aromatic rings. The second kappa shape index (κ2) is 3.61. The summed E-state index contributed by atoms with van der Waals surface area (Å²) in [7, 11) is 0. The third-order valence-corrected chi connectivity index (χ3v) is 2.10. The molecule has 0 unspecified atom stereocenters. The molecule has 0 aliphatic carbocycles. The van der Waals surface area contributed by atoms with E-state index in [0.29, 0.717) is 5.56 Å². The summed E-state index contributed by atoms with van der Waals surface area (Å²) in [6.07, 6.45) is 1.67. The highest BCUT2D eigenvalue weighted by atomic mass is 16.6. The van der Waals surface area contributed by atoms with Crippen molar-refractivity contribution in [3.05, 3.63) is 36.0 Å². The van der Waals surface area contributed by atoms with Gasteiger partial charge in [0.1, 0.15) is 6.61 Å². The van der Waals surface area contributed by atoms with Gasteiger partial charge in [-0.15, -0.1) is 0 Å². The van der Waals surface area contributed by atoms with Gasteiger partial charge >= 0.3 is 0 Å². The van der Waals surface area contributed by atoms with Gasteiger partial charge in [0.15, 0.2) is 5.78 Å². The maximum atomic E-state index is 11.5. The molecule has 0 atom stereocenters. The van der Waals surface area contributed by atoms with E-state index in [0.717, 1.165) is 10.9 Å². The first-order chi connectivity index (χ1) is 6.83. The fraction of sp³-hybridized carbons (Fsp3) is 0.100. The molecule has 2 rings (SSSR count). The van der Waals surface area contributed by atoms with Crippen LogP contribution in [0.1, 0.15) is 10.4 Å². The zero-order valence-electron chi connectivity index (χ0n) is 7.49. The molecule has 4 heteroatoms. The van der Waals surface area contributed by atoms with E-state index < -0.39 is 0 Å². The number of aromatic amines is 1. The minimum atomic E-state index is -0.120. The lowest BCUT2D eigenvalue weighted by atomic mass is 10.1. The lowest BCUT2D eigenvalue weighted by molar-refractivity contribution is 0.0765. The van der Waals surface area contributed by atoms with Crippen molar-refractivity contribution < 1.29 is 9.63 Å². The molecule has 0 saturated heterocycles. The molecule has 0 amide bonds. The van der Waals surface area contributed by atoms with Crippen LogP contribution >= 0.6 is 0 Å². The van der Waals surface area contributed by atoms with Gasteiger partial charge in [0.25, 0.3) is 0 Å². The number of hydrogen-bond acceptors (Lipinski definition) is 3. The fourth-order valence-electron chi connectivity index (χ4n) is 1.46. The summed E-state index contributed by atoms with van der Waals surface area (Å²) in [4.78, 5) is 18.8. The number of benzene rings is 1. The zero-order valence-corrected chi connectivity index (χ0v) is 7.49. The van der Waals surface area contributed by atoms with Crippen molar-refractivity contribution >= 4 is 16.7 Å². The lowest BCUT2D eigenvalue weighted by Gasteiger charge is -1.96. The first-order valence-electron chi connectivity index (χ1n) is 4.24. The number of H-pyrrole nitrogens is 1. The molecule has 0 saturated carbocycles. The average molecular weight is 190 g/mol. The Kier molecular flexibility index (Phi) is 2.30. The molecular formula is C10H10N2O2. The summed E-state index contributed by atoms with van der Waals surface area (Å²) in [5, 5.41) is 0.898. The number of hydrogen-bond donors (Lipinski definition) is 2. The number of fused-ring (bicyclic) bond motifs is 1. The number of nitrogens with two attached hydrogens (primary N) is 1. The highest BCUT2D eigenvalue weighted by Gasteiger charge is 2.10. The number of carbonyl (C=O) groups is 1. The van der Waals surface area contributed by atoms with Crippen LogP contribution in [0.2, 0.25) is 0 Å². The standard InChI is InChI=1S/C10H10N2O2/c11-14-6-10(13)8-5-12-9-4-2-1-3-7(8)9/h1-5,12H,6,11H2. The van der Waals surface area contributed by atoms with Crippen molar-refractivity contribution in [2.75, 3.05) is 6.61 Å². The quantitative estimate of drug-likeness (QED) is 0.565. The van der Waals surface area contributed by atoms with Crippen molar-refractivity contribution in [1.29, 1.82) is 0 Å². The second-order valence-electron chi connectivity index (χ2n) is 2.98. The maximum Gasteiger partial charge on any atom is 0.192 e. The first kappa shape index (κ1) is 8.93. The summed E-state index contributed by atoms with van der Waals surface area (Å²) in [6, 6.07) is 7.59. The summed E-state index contributed by atoms with van der Waals surface area (Å²) in [6.45, 7) is -0.0954. The van der Waals surface area contributed by atoms with Gasteiger partial charge < -0.3 is 4.98 Å². The fourth-order valence-corrected chi connectivity index (χ4v) is 1.46. The van der Waals surface area contributed by atoms with Gasteiger partial charge in [0, 0.05) is 22.7 Å². The van der Waals surface area contributed by atoms with E-state index >= 15 is 0 Å². The molecule has 1 aromatic carbocycles. The smallest absolute Gasteiger partial charge is 0.192 e. The Labute approximate surface area is 80.6 Å². The molecular weight excluding hydrogens is 180 g/mol. The van der Waals surface area contributed by atoms with Gasteiger partial charge in [-0.2, -0.15) is 0 Å². The number of para-hydroxylation sites is 1. The van der Waals surface area contributed by atoms with Crippen LogP contribution in [0.4, 0.5) is 0 Å². The number of nitrogens with one attached hydrogen (secondary N) is 1. The Morgan fingerprint density at radius 2 is 2.21 bits per heavy atom. The van der Waals surface area contributed by atoms with E-state index in [-0.39, 0.29) is 12.4 Å². The molecule has 14 heavy (non-hydrogen) atoms. The molecule has 4 nitrogen and oxygen atoms in total. The van der Waals surface area contributed by atoms with Crippen LogP contribution in [0, 0.1) is 0 Å². The van der Waals surface area contributed by atoms with E-state index in [4.69, 9.17) is 5.90 Å². The largest absolute Gasteiger partial charge is 0.360 e. The normalized spacial score (nSPS) is 10.6. The van der Waals surface area contributed by atoms with Crippen LogP contribution < -0.4 is 5.90 Å². The monoisotopic (exact) mass is 190 g/mol. The van der Waals surface area contributed by atoms with Gasteiger partial charge in [-0.1, -0.05) is 18.2 Å². The summed E-state index contributed by atoms with van der Waals surface area (Å²) in [5.74, 6) is 4.73. The summed E-state index contributed by atoms with van der Waals surface area (Å²) in [5.41, 5.74) is 1.55. The van der Waals surface area contributed by atoms with Gasteiger partial charge in [-0.3, -0.25) is 9.63 Å². The van der Waals surface area contributed by atoms with Crippen LogP contribution in [-0.2, 0) is 4.84 Å². The number of carbonyl (C=O) groups excluding carboxylic acids is 1. The topological polar surface area (TPSA) is 68.1 Å². The molecule has 3 N–H and O–H groups in total. The number of Topliss-reactive ketones (excluding diaryl/α,β-unsaturated/α-hetero) is 1. The molecule has 1 heterocycles. The van der Waals surface area contributed by atoms with Crippen molar-refractivity contribution in [2.45, 2.75) is 0 Å². The Balaban J connectivity index is 2.47. The maximum absolute atomic E-state index is 11.5. The zero-order chi connectivity index (χ0) is 9.97. The SMILES string of the molecule is NOCC(=O)c1c[nH]c2ccccc12. The minimum absolute atomic E-state index is 0.0954. The Bertz CT molecular complexity index is 462. The third-order valence-electron chi connectivity index (χ3n) is 2.10. The number of aromatic nitrogens is 1. The van der Waals surface area contributed by atoms with Gasteiger partial charge in [-0.25, -0.2) is 5.90 Å². The predicted molar refractivity (Wildman–Crippen MR) is 52.8 cm³/mol. The Morgan fingerprint density at radius 1 is 1.43 bits per heavy atom. The Morgan fingerprint density at radius 3 is 3.00 bits per heavy atom. The first-order valence-corrected chi connectivity index (χ1v) is 4.24. The van der Waals surface area contributed by atoms with E-state index in [1.807, 2.05) is 24.3 Å². The molecule has 0 bridgehead atoms. The van der Waals surface area contributed by atoms with Crippen LogP contribution in [0.5, 0.6) is 0 Å². The van der Waals surface area contributed by atoms with Crippen LogP contribution in [0.15, 0.2) is 30.5 Å². The molecule has 0 aliphatic heterocycles. The molecule has 72 valence electrons. The van der Waals surface area contributed by atoms with Crippen LogP contribution in [0.25, 0.3) is 10.9 Å². The number of rotatable bonds is 3. The summed E-state index contributed by atoms with van der Waals surface area (Å²) >= 11 is 0. The predicted octanol–water partition coefficient (Wildman–Crippen LogP) is 1.24. The molecule has 0 fully saturated rings. The van der Waals surface area contributed by atoms with Gasteiger partial charge in [0.05, 0.1) is 0 Å². The van der Waals surface area contributed by atoms with E-state index in [9.17, 15) is 4.79 Å². The van der Waals surface area contributed by atoms with Crippen molar-refractivity contribution in [3.8, 4) is 0 Å². The molecule has 0 spiro atoms. The van der Waals surface area contributed by atoms with Crippen molar-refractivity contribution in [3.63, 3.8) is 0 Å². The van der Waals surface area contributed by atoms with Crippen molar-refractivity contribution in [1.82, 2.24) is 4.98 Å². The molecule has 0 radical (unpaired) electrons. The van der Waals surface area contributed by atoms with E-state index in [1.165, 1.54) is 0 Å². The van der Waals surface area contributed by atoms with Gasteiger partial charge in [-0.05, 0) is 6.07 Å². The highest BCUT2D eigenvalue weighted by Crippen LogP contribution is 2.17. The Hall–Kier alpha value is -1.65. The highest BCUT2D eigenvalue weighted by molar-refractivity contribution is 6.08. The average Bonchev–Trinajstić information content (AvgIpc) is 2.61. The van der Waals surface area contributed by atoms with Crippen LogP contribution in [-0.4, -0.2) is 17.4 Å². The minimum Gasteiger partial charge on any atom is -0.360 e. The summed E-state index contributed by atoms with van der Waals surface area (Å²) < 4.78 is 0. The van der Waals surface area contributed by atoms with Gasteiger partial charge in [0.2, 0.25) is 0 Å². The van der Waals surface area contributed by atoms with Crippen LogP contribution in [0.3, 0.4) is 0 Å². The lowest BCUT2D eigenvalue weighted by Crippen LogP contribution is -2.11. The number of ketones is 1. The van der Waals surface area contributed by atoms with Crippen molar-refractivity contribution in [2.24, 2.45) is 5.90 Å².